The number of carbonyl (C=O) groups excluding carboxylic acids is 1. The molecule has 2 aliphatic heterocycles. The number of hydrogen-bond acceptors (Lipinski definition) is 6. The number of carbonyl (C=O) groups is 1. The van der Waals surface area contributed by atoms with Crippen LogP contribution >= 0.6 is 11.3 Å². The number of likely N-dealkylation sites (N-methyl/N-ethyl adjacent to an activating group) is 1. The second kappa shape index (κ2) is 6.57. The van der Waals surface area contributed by atoms with Crippen molar-refractivity contribution in [2.45, 2.75) is 37.8 Å². The van der Waals surface area contributed by atoms with Crippen molar-refractivity contribution >= 4 is 17.2 Å². The standard InChI is InChI=1S/C17H21N5OS/c1-21-8-2-4-14(21)15-5-3-9-22(15)17(23)13-11-24-16(20-13)12-10-18-6-7-19-12/h6-7,10-11,14-15H,2-5,8-9H2,1H3/t14-,15+/m0/s1. The molecule has 1 amide bonds. The minimum Gasteiger partial charge on any atom is -0.333 e. The van der Waals surface area contributed by atoms with E-state index in [2.05, 4.69) is 26.9 Å². The first-order valence-electron chi connectivity index (χ1n) is 8.47. The van der Waals surface area contributed by atoms with Crippen molar-refractivity contribution in [2.24, 2.45) is 0 Å². The van der Waals surface area contributed by atoms with Gasteiger partial charge in [0.1, 0.15) is 16.4 Å². The number of thiazole rings is 1. The maximum Gasteiger partial charge on any atom is 0.273 e. The quantitative estimate of drug-likeness (QED) is 0.856. The van der Waals surface area contributed by atoms with E-state index in [0.29, 0.717) is 17.8 Å². The summed E-state index contributed by atoms with van der Waals surface area (Å²) in [5.41, 5.74) is 1.25. The average molecular weight is 343 g/mol. The lowest BCUT2D eigenvalue weighted by Gasteiger charge is -2.32. The van der Waals surface area contributed by atoms with Crippen LogP contribution in [0.25, 0.3) is 10.7 Å². The largest absolute Gasteiger partial charge is 0.333 e. The number of nitrogens with zero attached hydrogens (tertiary/aromatic N) is 5. The number of likely N-dealkylation sites (tertiary alicyclic amines) is 2. The summed E-state index contributed by atoms with van der Waals surface area (Å²) in [7, 11) is 2.17. The highest BCUT2D eigenvalue weighted by Crippen LogP contribution is 2.31. The molecule has 0 aromatic carbocycles. The van der Waals surface area contributed by atoms with Gasteiger partial charge in [0, 0.05) is 36.4 Å². The van der Waals surface area contributed by atoms with Crippen molar-refractivity contribution in [1.29, 1.82) is 0 Å². The SMILES string of the molecule is CN1CCC[C@H]1[C@H]1CCCN1C(=O)c1csc(-c2cnccn2)n1. The third kappa shape index (κ3) is 2.82. The van der Waals surface area contributed by atoms with Crippen molar-refractivity contribution in [3.05, 3.63) is 29.7 Å². The summed E-state index contributed by atoms with van der Waals surface area (Å²) in [5, 5.41) is 2.60. The summed E-state index contributed by atoms with van der Waals surface area (Å²) < 4.78 is 0. The number of rotatable bonds is 3. The van der Waals surface area contributed by atoms with E-state index in [0.717, 1.165) is 36.6 Å². The van der Waals surface area contributed by atoms with E-state index in [1.165, 1.54) is 24.2 Å². The molecule has 2 aliphatic rings. The summed E-state index contributed by atoms with van der Waals surface area (Å²) in [6.07, 6.45) is 9.56. The molecule has 0 spiro atoms. The first-order chi connectivity index (χ1) is 11.7. The normalized spacial score (nSPS) is 24.6. The van der Waals surface area contributed by atoms with E-state index in [-0.39, 0.29) is 5.91 Å². The Bertz CT molecular complexity index is 719. The van der Waals surface area contributed by atoms with Gasteiger partial charge < -0.3 is 9.80 Å². The van der Waals surface area contributed by atoms with Crippen molar-refractivity contribution in [3.63, 3.8) is 0 Å². The van der Waals surface area contributed by atoms with Crippen LogP contribution in [0.15, 0.2) is 24.0 Å². The topological polar surface area (TPSA) is 62.2 Å². The second-order valence-electron chi connectivity index (χ2n) is 6.53. The van der Waals surface area contributed by atoms with Gasteiger partial charge in [-0.25, -0.2) is 4.98 Å². The van der Waals surface area contributed by atoms with Crippen molar-refractivity contribution in [1.82, 2.24) is 24.8 Å². The molecule has 0 bridgehead atoms. The molecular formula is C17H21N5OS. The van der Waals surface area contributed by atoms with E-state index >= 15 is 0 Å². The predicted molar refractivity (Wildman–Crippen MR) is 92.9 cm³/mol. The fourth-order valence-corrected chi connectivity index (χ4v) is 4.67. The second-order valence-corrected chi connectivity index (χ2v) is 7.38. The van der Waals surface area contributed by atoms with E-state index in [1.54, 1.807) is 18.6 Å². The number of hydrogen-bond donors (Lipinski definition) is 0. The molecule has 24 heavy (non-hydrogen) atoms. The van der Waals surface area contributed by atoms with E-state index in [9.17, 15) is 4.79 Å². The maximum atomic E-state index is 13.0. The highest BCUT2D eigenvalue weighted by Gasteiger charge is 2.39. The summed E-state index contributed by atoms with van der Waals surface area (Å²) in [4.78, 5) is 30.3. The van der Waals surface area contributed by atoms with Crippen LogP contribution in [0.3, 0.4) is 0 Å². The minimum absolute atomic E-state index is 0.0594. The van der Waals surface area contributed by atoms with Crippen LogP contribution in [0.1, 0.15) is 36.2 Å². The molecule has 2 aromatic rings. The zero-order chi connectivity index (χ0) is 16.5. The van der Waals surface area contributed by atoms with Gasteiger partial charge in [0.2, 0.25) is 0 Å². The summed E-state index contributed by atoms with van der Waals surface area (Å²) in [5.74, 6) is 0.0594. The molecule has 2 aromatic heterocycles. The fourth-order valence-electron chi connectivity index (χ4n) is 3.91. The monoisotopic (exact) mass is 343 g/mol. The smallest absolute Gasteiger partial charge is 0.273 e. The molecule has 2 atom stereocenters. The maximum absolute atomic E-state index is 13.0. The Morgan fingerprint density at radius 3 is 2.79 bits per heavy atom. The summed E-state index contributed by atoms with van der Waals surface area (Å²) in [6, 6.07) is 0.821. The molecular weight excluding hydrogens is 322 g/mol. The minimum atomic E-state index is 0.0594. The van der Waals surface area contributed by atoms with Crippen molar-refractivity contribution in [3.8, 4) is 10.7 Å². The van der Waals surface area contributed by atoms with E-state index in [4.69, 9.17) is 0 Å². The molecule has 0 N–H and O–H groups in total. The Hall–Kier alpha value is -1.86. The predicted octanol–water partition coefficient (Wildman–Crippen LogP) is 2.30. The molecule has 4 rings (SSSR count). The molecule has 2 saturated heterocycles. The molecule has 7 heteroatoms. The van der Waals surface area contributed by atoms with Crippen LogP contribution in [0.2, 0.25) is 0 Å². The molecule has 0 saturated carbocycles. The lowest BCUT2D eigenvalue weighted by molar-refractivity contribution is 0.0659. The number of aromatic nitrogens is 3. The Kier molecular flexibility index (Phi) is 4.28. The Balaban J connectivity index is 1.54. The van der Waals surface area contributed by atoms with E-state index in [1.807, 2.05) is 10.3 Å². The zero-order valence-electron chi connectivity index (χ0n) is 13.8. The first-order valence-corrected chi connectivity index (χ1v) is 9.35. The lowest BCUT2D eigenvalue weighted by Crippen LogP contribution is -2.47. The van der Waals surface area contributed by atoms with Gasteiger partial charge in [-0.1, -0.05) is 0 Å². The van der Waals surface area contributed by atoms with Gasteiger partial charge in [-0.3, -0.25) is 14.8 Å². The van der Waals surface area contributed by atoms with Gasteiger partial charge >= 0.3 is 0 Å². The molecule has 0 radical (unpaired) electrons. The van der Waals surface area contributed by atoms with Crippen LogP contribution < -0.4 is 0 Å². The van der Waals surface area contributed by atoms with Gasteiger partial charge in [0.05, 0.1) is 6.20 Å². The van der Waals surface area contributed by atoms with Gasteiger partial charge in [-0.05, 0) is 39.3 Å². The average Bonchev–Trinajstić information content (AvgIpc) is 3.35. The van der Waals surface area contributed by atoms with Crippen LogP contribution in [-0.2, 0) is 0 Å². The van der Waals surface area contributed by atoms with Gasteiger partial charge in [-0.2, -0.15) is 0 Å². The van der Waals surface area contributed by atoms with Crippen molar-refractivity contribution in [2.75, 3.05) is 20.1 Å². The third-order valence-corrected chi connectivity index (χ3v) is 5.95. The molecule has 6 nitrogen and oxygen atoms in total. The Labute approximate surface area is 145 Å². The van der Waals surface area contributed by atoms with Crippen LogP contribution in [-0.4, -0.2) is 62.9 Å². The Morgan fingerprint density at radius 1 is 1.21 bits per heavy atom. The summed E-state index contributed by atoms with van der Waals surface area (Å²) >= 11 is 1.45. The van der Waals surface area contributed by atoms with Crippen LogP contribution in [0.5, 0.6) is 0 Å². The van der Waals surface area contributed by atoms with E-state index < -0.39 is 0 Å². The highest BCUT2D eigenvalue weighted by molar-refractivity contribution is 7.13. The lowest BCUT2D eigenvalue weighted by atomic mass is 10.0. The molecule has 126 valence electrons. The molecule has 0 unspecified atom stereocenters. The van der Waals surface area contributed by atoms with Gasteiger partial charge in [0.25, 0.3) is 5.91 Å². The zero-order valence-corrected chi connectivity index (χ0v) is 14.6. The molecule has 2 fully saturated rings. The van der Waals surface area contributed by atoms with Crippen LogP contribution in [0, 0.1) is 0 Å². The van der Waals surface area contributed by atoms with Crippen molar-refractivity contribution < 1.29 is 4.79 Å². The summed E-state index contributed by atoms with van der Waals surface area (Å²) in [6.45, 7) is 1.97. The Morgan fingerprint density at radius 2 is 2.04 bits per heavy atom. The highest BCUT2D eigenvalue weighted by atomic mass is 32.1. The first kappa shape index (κ1) is 15.7. The fraction of sp³-hybridized carbons (Fsp3) is 0.529. The van der Waals surface area contributed by atoms with Gasteiger partial charge in [0.15, 0.2) is 0 Å². The van der Waals surface area contributed by atoms with Gasteiger partial charge in [-0.15, -0.1) is 11.3 Å². The number of amides is 1. The molecule has 0 aliphatic carbocycles. The third-order valence-electron chi connectivity index (χ3n) is 5.09. The van der Waals surface area contributed by atoms with Crippen LogP contribution in [0.4, 0.5) is 0 Å². The molecule has 4 heterocycles.